The van der Waals surface area contributed by atoms with Gasteiger partial charge in [0.2, 0.25) is 0 Å². The van der Waals surface area contributed by atoms with Gasteiger partial charge < -0.3 is 10.0 Å². The highest BCUT2D eigenvalue weighted by molar-refractivity contribution is 6.79. The summed E-state index contributed by atoms with van der Waals surface area (Å²) in [5.41, 5.74) is 6.15. The van der Waals surface area contributed by atoms with Gasteiger partial charge >= 0.3 is 13.8 Å². The molecule has 0 radical (unpaired) electrons. The topological polar surface area (TPSA) is 40.5 Å². The second-order valence-corrected chi connectivity index (χ2v) is 7.45. The molecule has 30 heavy (non-hydrogen) atoms. The molecule has 0 atom stereocenters. The van der Waals surface area contributed by atoms with Crippen LogP contribution < -0.4 is 21.9 Å². The van der Waals surface area contributed by atoms with Crippen molar-refractivity contribution in [2.75, 3.05) is 0 Å². The van der Waals surface area contributed by atoms with E-state index in [0.29, 0.717) is 0 Å². The van der Waals surface area contributed by atoms with E-state index in [2.05, 4.69) is 0 Å². The molecule has 2 nitrogen and oxygen atoms in total. The Bertz CT molecular complexity index is 931. The van der Waals surface area contributed by atoms with Gasteiger partial charge in [-0.3, -0.25) is 0 Å². The van der Waals surface area contributed by atoms with E-state index >= 15 is 0 Å². The first-order chi connectivity index (χ1) is 14.5. The van der Waals surface area contributed by atoms with Crippen LogP contribution in [0.15, 0.2) is 109 Å². The Hall–Kier alpha value is -3.07. The largest absolute Gasteiger partial charge is 0.443 e. The Kier molecular flexibility index (Phi) is 7.67. The van der Waals surface area contributed by atoms with Gasteiger partial charge in [0.25, 0.3) is 0 Å². The summed E-state index contributed by atoms with van der Waals surface area (Å²) < 4.78 is 0. The van der Waals surface area contributed by atoms with Gasteiger partial charge in [0.05, 0.1) is 0 Å². The molecule has 2 N–H and O–H groups in total. The standard InChI is InChI=1S/2C13H13BO/c2*1-11-7-9-13(10-8-11)14(15)12-5-3-2-4-6-12/h2*2-10,15H,1H3. The summed E-state index contributed by atoms with van der Waals surface area (Å²) in [5.74, 6) is 0. The van der Waals surface area contributed by atoms with E-state index in [1.807, 2.05) is 123 Å². The molecule has 0 heterocycles. The molecule has 4 aromatic rings. The Morgan fingerprint density at radius 1 is 0.400 bits per heavy atom. The van der Waals surface area contributed by atoms with E-state index in [4.69, 9.17) is 0 Å². The first-order valence-electron chi connectivity index (χ1n) is 10.1. The molecule has 0 aromatic heterocycles. The zero-order valence-corrected chi connectivity index (χ0v) is 17.4. The van der Waals surface area contributed by atoms with E-state index < -0.39 is 13.8 Å². The summed E-state index contributed by atoms with van der Waals surface area (Å²) in [5, 5.41) is 20.2. The van der Waals surface area contributed by atoms with Crippen molar-refractivity contribution in [3.8, 4) is 0 Å². The second-order valence-electron chi connectivity index (χ2n) is 7.45. The first-order valence-corrected chi connectivity index (χ1v) is 10.1. The minimum atomic E-state index is -0.521. The van der Waals surface area contributed by atoms with Crippen molar-refractivity contribution in [3.63, 3.8) is 0 Å². The van der Waals surface area contributed by atoms with Crippen molar-refractivity contribution in [2.24, 2.45) is 0 Å². The molecule has 0 bridgehead atoms. The monoisotopic (exact) mass is 392 g/mol. The molecule has 0 amide bonds. The van der Waals surface area contributed by atoms with Gasteiger partial charge in [-0.15, -0.1) is 0 Å². The lowest BCUT2D eigenvalue weighted by atomic mass is 9.56. The van der Waals surface area contributed by atoms with Gasteiger partial charge in [0.1, 0.15) is 0 Å². The predicted molar refractivity (Wildman–Crippen MR) is 130 cm³/mol. The number of hydrogen-bond donors (Lipinski definition) is 2. The van der Waals surface area contributed by atoms with Gasteiger partial charge in [0.15, 0.2) is 0 Å². The predicted octanol–water partition coefficient (Wildman–Crippen LogP) is 2.19. The van der Waals surface area contributed by atoms with E-state index in [-0.39, 0.29) is 0 Å². The van der Waals surface area contributed by atoms with E-state index in [1.165, 1.54) is 11.1 Å². The summed E-state index contributed by atoms with van der Waals surface area (Å²) in [6, 6.07) is 35.3. The Morgan fingerprint density at radius 3 is 0.967 bits per heavy atom. The van der Waals surface area contributed by atoms with Crippen molar-refractivity contribution in [3.05, 3.63) is 120 Å². The fourth-order valence-corrected chi connectivity index (χ4v) is 3.15. The molecule has 0 aliphatic rings. The number of rotatable bonds is 4. The van der Waals surface area contributed by atoms with Gasteiger partial charge in [-0.2, -0.15) is 0 Å². The van der Waals surface area contributed by atoms with Crippen molar-refractivity contribution in [1.29, 1.82) is 0 Å². The molecular weight excluding hydrogens is 366 g/mol. The molecule has 0 unspecified atom stereocenters. The maximum absolute atomic E-state index is 10.1. The third kappa shape index (κ3) is 5.96. The van der Waals surface area contributed by atoms with Gasteiger partial charge in [-0.25, -0.2) is 0 Å². The number of benzene rings is 4. The smallest absolute Gasteiger partial charge is 0.358 e. The highest BCUT2D eigenvalue weighted by atomic mass is 16.2. The number of aryl methyl sites for hydroxylation is 2. The molecule has 0 aliphatic heterocycles. The van der Waals surface area contributed by atoms with Crippen LogP contribution in [0.1, 0.15) is 11.1 Å². The zero-order chi connectivity index (χ0) is 21.3. The lowest BCUT2D eigenvalue weighted by Gasteiger charge is -2.07. The molecular formula is C26H26B2O2. The van der Waals surface area contributed by atoms with Crippen LogP contribution >= 0.6 is 0 Å². The minimum absolute atomic E-state index is 0.521. The Morgan fingerprint density at radius 2 is 0.667 bits per heavy atom. The third-order valence-electron chi connectivity index (χ3n) is 5.02. The van der Waals surface area contributed by atoms with E-state index in [0.717, 1.165) is 21.9 Å². The molecule has 4 aromatic carbocycles. The fourth-order valence-electron chi connectivity index (χ4n) is 3.15. The molecule has 0 fully saturated rings. The minimum Gasteiger partial charge on any atom is -0.443 e. The van der Waals surface area contributed by atoms with E-state index in [9.17, 15) is 10.0 Å². The summed E-state index contributed by atoms with van der Waals surface area (Å²) in [6.45, 7) is 3.04. The zero-order valence-electron chi connectivity index (χ0n) is 17.4. The second kappa shape index (κ2) is 10.6. The molecule has 0 saturated heterocycles. The average Bonchev–Trinajstić information content (AvgIpc) is 2.81. The average molecular weight is 392 g/mol. The van der Waals surface area contributed by atoms with Gasteiger partial charge in [-0.05, 0) is 35.7 Å². The summed E-state index contributed by atoms with van der Waals surface area (Å²) in [6.07, 6.45) is 0. The Labute approximate surface area is 180 Å². The van der Waals surface area contributed by atoms with Crippen LogP contribution in [-0.2, 0) is 0 Å². The maximum atomic E-state index is 10.1. The SMILES string of the molecule is Cc1ccc(B(O)c2ccccc2)cc1.Cc1ccc(B(O)c2ccccc2)cc1. The quantitative estimate of drug-likeness (QED) is 0.523. The highest BCUT2D eigenvalue weighted by Gasteiger charge is 2.16. The summed E-state index contributed by atoms with van der Waals surface area (Å²) in [7, 11) is 0. The van der Waals surface area contributed by atoms with Crippen LogP contribution in [0.2, 0.25) is 0 Å². The van der Waals surface area contributed by atoms with Crippen LogP contribution in [0.4, 0.5) is 0 Å². The lowest BCUT2D eigenvalue weighted by Crippen LogP contribution is -2.42. The van der Waals surface area contributed by atoms with Gasteiger partial charge in [0, 0.05) is 0 Å². The molecule has 0 spiro atoms. The van der Waals surface area contributed by atoms with Crippen molar-refractivity contribution in [1.82, 2.24) is 0 Å². The lowest BCUT2D eigenvalue weighted by molar-refractivity contribution is 0.599. The van der Waals surface area contributed by atoms with Crippen LogP contribution in [-0.4, -0.2) is 23.9 Å². The van der Waals surface area contributed by atoms with E-state index in [1.54, 1.807) is 0 Å². The van der Waals surface area contributed by atoms with Crippen molar-refractivity contribution < 1.29 is 10.0 Å². The van der Waals surface area contributed by atoms with Crippen LogP contribution in [0.5, 0.6) is 0 Å². The maximum Gasteiger partial charge on any atom is 0.358 e. The normalized spacial score (nSPS) is 10.0. The Balaban J connectivity index is 0.000000171. The van der Waals surface area contributed by atoms with Crippen molar-refractivity contribution in [2.45, 2.75) is 13.8 Å². The van der Waals surface area contributed by atoms with Crippen molar-refractivity contribution >= 4 is 35.7 Å². The molecule has 0 aliphatic carbocycles. The summed E-state index contributed by atoms with van der Waals surface area (Å²) in [4.78, 5) is 0. The molecule has 4 heteroatoms. The van der Waals surface area contributed by atoms with Crippen LogP contribution in [0.25, 0.3) is 0 Å². The third-order valence-corrected chi connectivity index (χ3v) is 5.02. The van der Waals surface area contributed by atoms with Crippen LogP contribution in [0, 0.1) is 13.8 Å². The van der Waals surface area contributed by atoms with Crippen LogP contribution in [0.3, 0.4) is 0 Å². The van der Waals surface area contributed by atoms with Gasteiger partial charge in [-0.1, -0.05) is 120 Å². The number of hydrogen-bond acceptors (Lipinski definition) is 2. The first kappa shape index (κ1) is 21.6. The summed E-state index contributed by atoms with van der Waals surface area (Å²) >= 11 is 0. The molecule has 148 valence electrons. The molecule has 4 rings (SSSR count). The molecule has 0 saturated carbocycles. The fraction of sp³-hybridized carbons (Fsp3) is 0.0769. The highest BCUT2D eigenvalue weighted by Crippen LogP contribution is 1.96.